The maximum atomic E-state index is 3.47. The van der Waals surface area contributed by atoms with E-state index in [4.69, 9.17) is 0 Å². The van der Waals surface area contributed by atoms with Gasteiger partial charge in [-0.05, 0) is 51.4 Å². The molecule has 0 saturated heterocycles. The first-order valence-corrected chi connectivity index (χ1v) is 7.19. The molecule has 0 spiro atoms. The van der Waals surface area contributed by atoms with E-state index in [1.807, 2.05) is 0 Å². The van der Waals surface area contributed by atoms with Crippen molar-refractivity contribution in [1.82, 2.24) is 10.2 Å². The van der Waals surface area contributed by atoms with Gasteiger partial charge in [0, 0.05) is 12.6 Å². The molecule has 18 heavy (non-hydrogen) atoms. The molecule has 1 N–H and O–H groups in total. The zero-order chi connectivity index (χ0) is 12.8. The van der Waals surface area contributed by atoms with E-state index in [0.29, 0.717) is 0 Å². The number of hydrogen-bond donors (Lipinski definition) is 1. The van der Waals surface area contributed by atoms with Crippen LogP contribution in [0.3, 0.4) is 0 Å². The number of nitrogens with one attached hydrogen (secondary N) is 1. The van der Waals surface area contributed by atoms with E-state index in [0.717, 1.165) is 18.5 Å². The molecule has 2 unspecified atom stereocenters. The van der Waals surface area contributed by atoms with Gasteiger partial charge in [0.25, 0.3) is 0 Å². The van der Waals surface area contributed by atoms with Crippen LogP contribution in [0.5, 0.6) is 0 Å². The minimum Gasteiger partial charge on any atom is -0.317 e. The molecule has 100 valence electrons. The molecule has 1 aromatic rings. The summed E-state index contributed by atoms with van der Waals surface area (Å²) in [6.07, 6.45) is 5.50. The fraction of sp³-hybridized carbons (Fsp3) is 0.625. The predicted octanol–water partition coefficient (Wildman–Crippen LogP) is 2.90. The standard InChI is InChI=1S/C16H26N2/c1-17-16-10-6-9-15(16)11-12-18(2)13-14-7-4-3-5-8-14/h3-5,7-8,15-17H,6,9-13H2,1-2H3. The lowest BCUT2D eigenvalue weighted by molar-refractivity contribution is 0.278. The van der Waals surface area contributed by atoms with Gasteiger partial charge in [-0.3, -0.25) is 0 Å². The Hall–Kier alpha value is -0.860. The Morgan fingerprint density at radius 3 is 2.72 bits per heavy atom. The Kier molecular flexibility index (Phi) is 5.21. The summed E-state index contributed by atoms with van der Waals surface area (Å²) in [6.45, 7) is 2.27. The molecule has 0 bridgehead atoms. The van der Waals surface area contributed by atoms with Crippen molar-refractivity contribution in [1.29, 1.82) is 0 Å². The Morgan fingerprint density at radius 1 is 1.22 bits per heavy atom. The van der Waals surface area contributed by atoms with Gasteiger partial charge in [0.2, 0.25) is 0 Å². The van der Waals surface area contributed by atoms with Crippen LogP contribution in [0.1, 0.15) is 31.2 Å². The summed E-state index contributed by atoms with van der Waals surface area (Å²) in [7, 11) is 4.34. The molecule has 1 aliphatic carbocycles. The normalized spacial score (nSPS) is 23.7. The Labute approximate surface area is 111 Å². The summed E-state index contributed by atoms with van der Waals surface area (Å²) in [6, 6.07) is 11.5. The van der Waals surface area contributed by atoms with Crippen molar-refractivity contribution in [3.63, 3.8) is 0 Å². The van der Waals surface area contributed by atoms with Gasteiger partial charge in [0.15, 0.2) is 0 Å². The van der Waals surface area contributed by atoms with Crippen molar-refractivity contribution in [3.8, 4) is 0 Å². The van der Waals surface area contributed by atoms with E-state index in [1.54, 1.807) is 0 Å². The molecule has 2 heteroatoms. The smallest absolute Gasteiger partial charge is 0.0230 e. The van der Waals surface area contributed by atoms with E-state index in [1.165, 1.54) is 37.8 Å². The molecule has 1 saturated carbocycles. The van der Waals surface area contributed by atoms with Crippen molar-refractivity contribution in [2.45, 2.75) is 38.3 Å². The van der Waals surface area contributed by atoms with Crippen molar-refractivity contribution in [2.24, 2.45) is 5.92 Å². The Bertz CT molecular complexity index is 336. The molecular formula is C16H26N2. The first-order valence-electron chi connectivity index (χ1n) is 7.19. The minimum atomic E-state index is 0.759. The first-order chi connectivity index (χ1) is 8.79. The monoisotopic (exact) mass is 246 g/mol. The van der Waals surface area contributed by atoms with Gasteiger partial charge in [-0.15, -0.1) is 0 Å². The zero-order valence-electron chi connectivity index (χ0n) is 11.7. The lowest BCUT2D eigenvalue weighted by atomic mass is 9.99. The van der Waals surface area contributed by atoms with E-state index in [2.05, 4.69) is 54.6 Å². The molecule has 1 fully saturated rings. The summed E-state index contributed by atoms with van der Waals surface area (Å²) in [5.74, 6) is 0.883. The predicted molar refractivity (Wildman–Crippen MR) is 77.6 cm³/mol. The zero-order valence-corrected chi connectivity index (χ0v) is 11.7. The summed E-state index contributed by atoms with van der Waals surface area (Å²) < 4.78 is 0. The number of hydrogen-bond acceptors (Lipinski definition) is 2. The lowest BCUT2D eigenvalue weighted by Crippen LogP contribution is -2.31. The van der Waals surface area contributed by atoms with Crippen molar-refractivity contribution in [3.05, 3.63) is 35.9 Å². The van der Waals surface area contributed by atoms with Gasteiger partial charge in [-0.2, -0.15) is 0 Å². The van der Waals surface area contributed by atoms with Crippen LogP contribution in [0.25, 0.3) is 0 Å². The van der Waals surface area contributed by atoms with E-state index < -0.39 is 0 Å². The second-order valence-electron chi connectivity index (χ2n) is 5.60. The third-order valence-corrected chi connectivity index (χ3v) is 4.21. The van der Waals surface area contributed by atoms with Crippen LogP contribution < -0.4 is 5.32 Å². The maximum absolute atomic E-state index is 3.47. The van der Waals surface area contributed by atoms with Gasteiger partial charge in [0.1, 0.15) is 0 Å². The molecule has 0 radical (unpaired) electrons. The fourth-order valence-electron chi connectivity index (χ4n) is 3.12. The molecule has 2 nitrogen and oxygen atoms in total. The van der Waals surface area contributed by atoms with Crippen LogP contribution >= 0.6 is 0 Å². The van der Waals surface area contributed by atoms with E-state index in [9.17, 15) is 0 Å². The lowest BCUT2D eigenvalue weighted by Gasteiger charge is -2.23. The van der Waals surface area contributed by atoms with Crippen LogP contribution in [-0.2, 0) is 6.54 Å². The van der Waals surface area contributed by atoms with Gasteiger partial charge in [0.05, 0.1) is 0 Å². The van der Waals surface area contributed by atoms with Crippen LogP contribution in [0.15, 0.2) is 30.3 Å². The van der Waals surface area contributed by atoms with Gasteiger partial charge < -0.3 is 10.2 Å². The van der Waals surface area contributed by atoms with Crippen molar-refractivity contribution >= 4 is 0 Å². The summed E-state index contributed by atoms with van der Waals surface area (Å²) in [5, 5.41) is 3.47. The highest BCUT2D eigenvalue weighted by molar-refractivity contribution is 5.14. The summed E-state index contributed by atoms with van der Waals surface area (Å²) >= 11 is 0. The second kappa shape index (κ2) is 6.91. The molecule has 1 aliphatic rings. The molecule has 1 aromatic carbocycles. The summed E-state index contributed by atoms with van der Waals surface area (Å²) in [4.78, 5) is 2.44. The highest BCUT2D eigenvalue weighted by atomic mass is 15.1. The quantitative estimate of drug-likeness (QED) is 0.830. The fourth-order valence-corrected chi connectivity index (χ4v) is 3.12. The molecular weight excluding hydrogens is 220 g/mol. The average Bonchev–Trinajstić information content (AvgIpc) is 2.85. The highest BCUT2D eigenvalue weighted by Gasteiger charge is 2.25. The van der Waals surface area contributed by atoms with Crippen LogP contribution in [0.4, 0.5) is 0 Å². The number of rotatable bonds is 6. The van der Waals surface area contributed by atoms with Crippen LogP contribution in [-0.4, -0.2) is 31.6 Å². The van der Waals surface area contributed by atoms with E-state index >= 15 is 0 Å². The largest absolute Gasteiger partial charge is 0.317 e. The molecule has 0 amide bonds. The van der Waals surface area contributed by atoms with E-state index in [-0.39, 0.29) is 0 Å². The highest BCUT2D eigenvalue weighted by Crippen LogP contribution is 2.28. The van der Waals surface area contributed by atoms with Crippen LogP contribution in [0, 0.1) is 5.92 Å². The molecule has 0 heterocycles. The maximum Gasteiger partial charge on any atom is 0.0230 e. The number of benzene rings is 1. The van der Waals surface area contributed by atoms with Gasteiger partial charge >= 0.3 is 0 Å². The molecule has 2 rings (SSSR count). The van der Waals surface area contributed by atoms with Gasteiger partial charge in [-0.25, -0.2) is 0 Å². The average molecular weight is 246 g/mol. The topological polar surface area (TPSA) is 15.3 Å². The Morgan fingerprint density at radius 2 is 2.00 bits per heavy atom. The third-order valence-electron chi connectivity index (χ3n) is 4.21. The first kappa shape index (κ1) is 13.6. The molecule has 0 aliphatic heterocycles. The second-order valence-corrected chi connectivity index (χ2v) is 5.60. The Balaban J connectivity index is 1.73. The molecule has 2 atom stereocenters. The third kappa shape index (κ3) is 3.82. The minimum absolute atomic E-state index is 0.759. The van der Waals surface area contributed by atoms with Crippen molar-refractivity contribution < 1.29 is 0 Å². The van der Waals surface area contributed by atoms with Gasteiger partial charge in [-0.1, -0.05) is 36.8 Å². The SMILES string of the molecule is CNC1CCCC1CCN(C)Cc1ccccc1. The molecule has 0 aromatic heterocycles. The van der Waals surface area contributed by atoms with Crippen molar-refractivity contribution in [2.75, 3.05) is 20.6 Å². The number of nitrogens with zero attached hydrogens (tertiary/aromatic N) is 1. The summed E-state index contributed by atoms with van der Waals surface area (Å²) in [5.41, 5.74) is 1.41. The van der Waals surface area contributed by atoms with Crippen LogP contribution in [0.2, 0.25) is 0 Å².